The van der Waals surface area contributed by atoms with E-state index in [-0.39, 0.29) is 5.75 Å². The summed E-state index contributed by atoms with van der Waals surface area (Å²) < 4.78 is 1.87. The van der Waals surface area contributed by atoms with Crippen LogP contribution in [0.4, 0.5) is 5.82 Å². The number of rotatable bonds is 6. The van der Waals surface area contributed by atoms with Crippen LogP contribution in [0.15, 0.2) is 79.4 Å². The molecule has 4 heterocycles. The van der Waals surface area contributed by atoms with Crippen molar-refractivity contribution in [2.24, 2.45) is 11.3 Å². The molecule has 2 bridgehead atoms. The standard InChI is InChI=1S/C31H30N6O/c38-25-3-1-2-23(18-25)28-29(22-9-15-32-16-10-22)36-37-26(11-17-33-30(28)37)24-4-5-27(34-19-24)35-20-31-12-6-21(7-13-31)8-14-31/h1-5,9-11,15-19,21,38H,6-8,12-14,20H2,(H,34,35). The minimum absolute atomic E-state index is 0.201. The van der Waals surface area contributed by atoms with Crippen LogP contribution >= 0.6 is 0 Å². The fourth-order valence-corrected chi connectivity index (χ4v) is 6.34. The monoisotopic (exact) mass is 502 g/mol. The van der Waals surface area contributed by atoms with E-state index in [1.165, 1.54) is 38.5 Å². The molecule has 0 aliphatic heterocycles. The number of benzene rings is 1. The van der Waals surface area contributed by atoms with Gasteiger partial charge in [-0.05, 0) is 97.9 Å². The number of hydrogen-bond donors (Lipinski definition) is 2. The number of phenols is 1. The number of phenolic OH excluding ortho intramolecular Hbond substituents is 1. The Balaban J connectivity index is 1.25. The van der Waals surface area contributed by atoms with Crippen molar-refractivity contribution in [1.29, 1.82) is 0 Å². The predicted octanol–water partition coefficient (Wildman–Crippen LogP) is 6.61. The molecule has 0 unspecified atom stereocenters. The molecule has 4 aromatic heterocycles. The van der Waals surface area contributed by atoms with Gasteiger partial charge >= 0.3 is 0 Å². The zero-order chi connectivity index (χ0) is 25.5. The Labute approximate surface area is 221 Å². The average Bonchev–Trinajstić information content (AvgIpc) is 3.38. The van der Waals surface area contributed by atoms with Crippen LogP contribution in [0, 0.1) is 11.3 Å². The highest BCUT2D eigenvalue weighted by Crippen LogP contribution is 2.50. The number of pyridine rings is 2. The number of nitrogens with one attached hydrogen (secondary N) is 1. The predicted molar refractivity (Wildman–Crippen MR) is 149 cm³/mol. The van der Waals surface area contributed by atoms with Crippen LogP contribution in [0.3, 0.4) is 0 Å². The second-order valence-electron chi connectivity index (χ2n) is 10.8. The summed E-state index contributed by atoms with van der Waals surface area (Å²) in [6, 6.07) is 17.2. The van der Waals surface area contributed by atoms with Crippen molar-refractivity contribution in [3.05, 3.63) is 79.4 Å². The zero-order valence-corrected chi connectivity index (χ0v) is 21.2. The van der Waals surface area contributed by atoms with Crippen LogP contribution < -0.4 is 5.32 Å². The number of hydrogen-bond acceptors (Lipinski definition) is 6. The molecular formula is C31H30N6O. The largest absolute Gasteiger partial charge is 0.508 e. The van der Waals surface area contributed by atoms with Crippen molar-refractivity contribution in [2.45, 2.75) is 38.5 Å². The maximum atomic E-state index is 10.2. The second kappa shape index (κ2) is 9.24. The smallest absolute Gasteiger partial charge is 0.164 e. The minimum atomic E-state index is 0.201. The number of aromatic nitrogens is 5. The molecule has 0 saturated heterocycles. The van der Waals surface area contributed by atoms with Crippen LogP contribution in [0.2, 0.25) is 0 Å². The first-order valence-electron chi connectivity index (χ1n) is 13.5. The Hall–Kier alpha value is -4.26. The summed E-state index contributed by atoms with van der Waals surface area (Å²) in [5.41, 5.74) is 6.47. The molecule has 3 saturated carbocycles. The van der Waals surface area contributed by atoms with E-state index >= 15 is 0 Å². The maximum Gasteiger partial charge on any atom is 0.164 e. The van der Waals surface area contributed by atoms with Crippen LogP contribution in [-0.4, -0.2) is 36.2 Å². The molecule has 3 aliphatic carbocycles. The first-order chi connectivity index (χ1) is 18.7. The minimum Gasteiger partial charge on any atom is -0.508 e. The molecule has 3 fully saturated rings. The van der Waals surface area contributed by atoms with Gasteiger partial charge in [-0.1, -0.05) is 12.1 Å². The fraction of sp³-hybridized carbons (Fsp3) is 0.290. The van der Waals surface area contributed by atoms with Gasteiger partial charge in [0.2, 0.25) is 0 Å². The first kappa shape index (κ1) is 22.9. The molecule has 0 amide bonds. The van der Waals surface area contributed by atoms with Gasteiger partial charge in [-0.3, -0.25) is 4.98 Å². The highest BCUT2D eigenvalue weighted by atomic mass is 16.3. The maximum absolute atomic E-state index is 10.2. The van der Waals surface area contributed by atoms with Crippen molar-refractivity contribution >= 4 is 11.5 Å². The van der Waals surface area contributed by atoms with E-state index in [0.29, 0.717) is 11.1 Å². The van der Waals surface area contributed by atoms with Gasteiger partial charge in [-0.25, -0.2) is 14.5 Å². The third-order valence-electron chi connectivity index (χ3n) is 8.56. The number of fused-ring (bicyclic) bond motifs is 4. The molecule has 0 atom stereocenters. The molecule has 1 aromatic carbocycles. The average molecular weight is 503 g/mol. The lowest BCUT2D eigenvalue weighted by molar-refractivity contribution is 0.0773. The van der Waals surface area contributed by atoms with E-state index in [1.54, 1.807) is 30.7 Å². The summed E-state index contributed by atoms with van der Waals surface area (Å²) in [5.74, 6) is 2.09. The Morgan fingerprint density at radius 1 is 0.868 bits per heavy atom. The Morgan fingerprint density at radius 3 is 2.42 bits per heavy atom. The molecule has 5 aromatic rings. The van der Waals surface area contributed by atoms with Gasteiger partial charge in [0.15, 0.2) is 5.65 Å². The Morgan fingerprint density at radius 2 is 1.68 bits per heavy atom. The van der Waals surface area contributed by atoms with Crippen LogP contribution in [0.1, 0.15) is 38.5 Å². The van der Waals surface area contributed by atoms with Gasteiger partial charge in [-0.15, -0.1) is 0 Å². The third-order valence-corrected chi connectivity index (χ3v) is 8.56. The Kier molecular flexibility index (Phi) is 5.57. The van der Waals surface area contributed by atoms with E-state index in [9.17, 15) is 5.11 Å². The van der Waals surface area contributed by atoms with Gasteiger partial charge < -0.3 is 10.4 Å². The molecule has 3 aliphatic rings. The summed E-state index contributed by atoms with van der Waals surface area (Å²) in [4.78, 5) is 13.6. The van der Waals surface area contributed by atoms with E-state index < -0.39 is 0 Å². The normalized spacial score (nSPS) is 20.6. The lowest BCUT2D eigenvalue weighted by Gasteiger charge is -2.46. The van der Waals surface area contributed by atoms with E-state index in [1.807, 2.05) is 41.0 Å². The number of aromatic hydroxyl groups is 1. The van der Waals surface area contributed by atoms with E-state index in [2.05, 4.69) is 22.4 Å². The van der Waals surface area contributed by atoms with Gasteiger partial charge in [0.25, 0.3) is 0 Å². The summed E-state index contributed by atoms with van der Waals surface area (Å²) in [6.07, 6.45) is 15.4. The second-order valence-corrected chi connectivity index (χ2v) is 10.8. The first-order valence-corrected chi connectivity index (χ1v) is 13.5. The summed E-state index contributed by atoms with van der Waals surface area (Å²) >= 11 is 0. The molecule has 38 heavy (non-hydrogen) atoms. The van der Waals surface area contributed by atoms with Crippen molar-refractivity contribution < 1.29 is 5.11 Å². The van der Waals surface area contributed by atoms with Crippen molar-refractivity contribution in [2.75, 3.05) is 11.9 Å². The molecule has 8 rings (SSSR count). The summed E-state index contributed by atoms with van der Waals surface area (Å²) in [6.45, 7) is 1.01. The molecule has 7 nitrogen and oxygen atoms in total. The lowest BCUT2D eigenvalue weighted by atomic mass is 9.61. The topological polar surface area (TPSA) is 88.2 Å². The van der Waals surface area contributed by atoms with E-state index in [4.69, 9.17) is 15.1 Å². The van der Waals surface area contributed by atoms with Crippen molar-refractivity contribution in [3.63, 3.8) is 0 Å². The van der Waals surface area contributed by atoms with Crippen molar-refractivity contribution in [1.82, 2.24) is 24.6 Å². The third kappa shape index (κ3) is 4.08. The van der Waals surface area contributed by atoms with Gasteiger partial charge in [0, 0.05) is 42.5 Å². The molecular weight excluding hydrogens is 472 g/mol. The fourth-order valence-electron chi connectivity index (χ4n) is 6.34. The molecule has 190 valence electrons. The quantitative estimate of drug-likeness (QED) is 0.272. The van der Waals surface area contributed by atoms with Crippen LogP contribution in [-0.2, 0) is 0 Å². The van der Waals surface area contributed by atoms with Crippen molar-refractivity contribution in [3.8, 4) is 39.4 Å². The van der Waals surface area contributed by atoms with Gasteiger partial charge in [0.05, 0.1) is 11.3 Å². The molecule has 0 spiro atoms. The van der Waals surface area contributed by atoms with E-state index in [0.717, 1.165) is 51.9 Å². The van der Waals surface area contributed by atoms with Crippen LogP contribution in [0.5, 0.6) is 5.75 Å². The van der Waals surface area contributed by atoms with Gasteiger partial charge in [0.1, 0.15) is 17.3 Å². The Bertz CT molecular complexity index is 1570. The van der Waals surface area contributed by atoms with Gasteiger partial charge in [-0.2, -0.15) is 5.10 Å². The lowest BCUT2D eigenvalue weighted by Crippen LogP contribution is -2.39. The highest BCUT2D eigenvalue weighted by molar-refractivity contribution is 5.91. The zero-order valence-electron chi connectivity index (χ0n) is 21.2. The number of anilines is 1. The number of nitrogens with zero attached hydrogens (tertiary/aromatic N) is 5. The summed E-state index contributed by atoms with van der Waals surface area (Å²) in [7, 11) is 0. The molecule has 2 N–H and O–H groups in total. The highest BCUT2D eigenvalue weighted by Gasteiger charge is 2.40. The SMILES string of the molecule is Oc1cccc(-c2c(-c3ccncc3)nn3c(-c4ccc(NCC56CCC(CC5)CC6)nc4)ccnc23)c1. The molecule has 7 heteroatoms. The van der Waals surface area contributed by atoms with Crippen LogP contribution in [0.25, 0.3) is 39.3 Å². The summed E-state index contributed by atoms with van der Waals surface area (Å²) in [5, 5.41) is 18.8. The molecule has 0 radical (unpaired) electrons.